The number of hydrazine groups is 1. The molecule has 1 aliphatic rings. The summed E-state index contributed by atoms with van der Waals surface area (Å²) in [6.45, 7) is 4.25. The van der Waals surface area contributed by atoms with Gasteiger partial charge in [-0.2, -0.15) is 16.9 Å². The quantitative estimate of drug-likeness (QED) is 0.598. The van der Waals surface area contributed by atoms with Crippen LogP contribution in [-0.4, -0.2) is 27.9 Å². The fraction of sp³-hybridized carbons (Fsp3) is 0.800. The first-order valence-corrected chi connectivity index (χ1v) is 8.91. The second-order valence-electron chi connectivity index (χ2n) is 5.95. The molecule has 0 aliphatic heterocycles. The van der Waals surface area contributed by atoms with E-state index < -0.39 is 0 Å². The highest BCUT2D eigenvalue weighted by molar-refractivity contribution is 7.99. The average Bonchev–Trinajstić information content (AvgIpc) is 2.93. The molecule has 1 atom stereocenters. The number of aromatic nitrogens is 2. The van der Waals surface area contributed by atoms with Crippen molar-refractivity contribution in [3.63, 3.8) is 0 Å². The van der Waals surface area contributed by atoms with Gasteiger partial charge in [0.25, 0.3) is 0 Å². The van der Waals surface area contributed by atoms with Crippen LogP contribution in [0.4, 0.5) is 0 Å². The van der Waals surface area contributed by atoms with E-state index in [-0.39, 0.29) is 6.04 Å². The van der Waals surface area contributed by atoms with Crippen LogP contribution >= 0.6 is 11.8 Å². The van der Waals surface area contributed by atoms with Gasteiger partial charge in [0.2, 0.25) is 0 Å². The van der Waals surface area contributed by atoms with Crippen LogP contribution in [0.15, 0.2) is 6.20 Å². The van der Waals surface area contributed by atoms with Gasteiger partial charge in [-0.05, 0) is 26.7 Å². The maximum absolute atomic E-state index is 5.81. The van der Waals surface area contributed by atoms with Crippen LogP contribution in [0.1, 0.15) is 63.7 Å². The zero-order valence-electron chi connectivity index (χ0n) is 13.3. The number of nitrogens with one attached hydrogen (secondary N) is 1. The molecule has 1 heterocycles. The van der Waals surface area contributed by atoms with Crippen molar-refractivity contribution < 1.29 is 4.74 Å². The molecular formula is C15H28N4OS. The topological polar surface area (TPSA) is 65.1 Å². The first kappa shape index (κ1) is 16.6. The predicted molar refractivity (Wildman–Crippen MR) is 88.6 cm³/mol. The Balaban J connectivity index is 2.07. The normalized spacial score (nSPS) is 18.1. The number of hydrogen-bond donors (Lipinski definition) is 2. The Hall–Kier alpha value is -0.720. The summed E-state index contributed by atoms with van der Waals surface area (Å²) in [5.74, 6) is 7.58. The van der Waals surface area contributed by atoms with Gasteiger partial charge < -0.3 is 4.74 Å². The van der Waals surface area contributed by atoms with E-state index >= 15 is 0 Å². The van der Waals surface area contributed by atoms with Crippen molar-refractivity contribution in [1.29, 1.82) is 0 Å². The molecule has 0 saturated heterocycles. The Kier molecular flexibility index (Phi) is 6.39. The Morgan fingerprint density at radius 3 is 2.71 bits per heavy atom. The lowest BCUT2D eigenvalue weighted by atomic mass is 10.0. The standard InChI is InChI=1S/C15H28N4OS/c1-11(2)19-15(14(20-3)9-17-19)13(18-16)10-21-12-7-5-4-6-8-12/h9,11-13,18H,4-8,10,16H2,1-3H3. The van der Waals surface area contributed by atoms with Crippen molar-refractivity contribution in [2.24, 2.45) is 5.84 Å². The van der Waals surface area contributed by atoms with Crippen LogP contribution in [0.2, 0.25) is 0 Å². The highest BCUT2D eigenvalue weighted by Crippen LogP contribution is 2.34. The summed E-state index contributed by atoms with van der Waals surface area (Å²) in [5, 5.41) is 5.21. The van der Waals surface area contributed by atoms with E-state index in [1.165, 1.54) is 32.1 Å². The van der Waals surface area contributed by atoms with Crippen molar-refractivity contribution in [3.05, 3.63) is 11.9 Å². The number of nitrogens with two attached hydrogens (primary N) is 1. The monoisotopic (exact) mass is 312 g/mol. The minimum absolute atomic E-state index is 0.0665. The van der Waals surface area contributed by atoms with Crippen LogP contribution in [0, 0.1) is 0 Å². The lowest BCUT2D eigenvalue weighted by Gasteiger charge is -2.25. The van der Waals surface area contributed by atoms with E-state index in [2.05, 4.69) is 24.4 Å². The number of nitrogens with zero attached hydrogens (tertiary/aromatic N) is 2. The molecule has 1 aliphatic carbocycles. The van der Waals surface area contributed by atoms with Gasteiger partial charge in [0.1, 0.15) is 0 Å². The number of hydrogen-bond acceptors (Lipinski definition) is 5. The third kappa shape index (κ3) is 4.14. The molecule has 120 valence electrons. The Labute approximate surface area is 132 Å². The lowest BCUT2D eigenvalue weighted by Crippen LogP contribution is -2.32. The van der Waals surface area contributed by atoms with E-state index in [1.54, 1.807) is 13.3 Å². The molecule has 0 bridgehead atoms. The van der Waals surface area contributed by atoms with Crippen LogP contribution in [0.5, 0.6) is 5.75 Å². The van der Waals surface area contributed by atoms with Crippen molar-refractivity contribution in [2.75, 3.05) is 12.9 Å². The minimum Gasteiger partial charge on any atom is -0.493 e. The molecule has 6 heteroatoms. The molecule has 0 amide bonds. The van der Waals surface area contributed by atoms with E-state index in [4.69, 9.17) is 10.6 Å². The smallest absolute Gasteiger partial charge is 0.161 e. The molecule has 21 heavy (non-hydrogen) atoms. The largest absolute Gasteiger partial charge is 0.493 e. The summed E-state index contributed by atoms with van der Waals surface area (Å²) in [7, 11) is 1.69. The third-order valence-corrected chi connectivity index (χ3v) is 5.56. The zero-order valence-corrected chi connectivity index (χ0v) is 14.2. The molecule has 0 aromatic carbocycles. The van der Waals surface area contributed by atoms with Crippen LogP contribution in [-0.2, 0) is 0 Å². The summed E-state index contributed by atoms with van der Waals surface area (Å²) in [6.07, 6.45) is 8.58. The Morgan fingerprint density at radius 1 is 1.43 bits per heavy atom. The molecule has 0 spiro atoms. The highest BCUT2D eigenvalue weighted by atomic mass is 32.2. The highest BCUT2D eigenvalue weighted by Gasteiger charge is 2.24. The summed E-state index contributed by atoms with van der Waals surface area (Å²) in [4.78, 5) is 0. The zero-order chi connectivity index (χ0) is 15.2. The molecule has 1 saturated carbocycles. The molecule has 1 fully saturated rings. The molecule has 3 N–H and O–H groups in total. The molecule has 1 aromatic heterocycles. The van der Waals surface area contributed by atoms with Gasteiger partial charge in [0, 0.05) is 17.0 Å². The van der Waals surface area contributed by atoms with Crippen molar-refractivity contribution in [3.8, 4) is 5.75 Å². The van der Waals surface area contributed by atoms with Gasteiger partial charge in [-0.25, -0.2) is 0 Å². The van der Waals surface area contributed by atoms with Gasteiger partial charge in [0.05, 0.1) is 25.0 Å². The molecule has 1 unspecified atom stereocenters. The minimum atomic E-state index is 0.0665. The SMILES string of the molecule is COc1cnn(C(C)C)c1C(CSC1CCCCC1)NN. The second kappa shape index (κ2) is 8.06. The van der Waals surface area contributed by atoms with Gasteiger partial charge >= 0.3 is 0 Å². The van der Waals surface area contributed by atoms with Gasteiger partial charge in [-0.3, -0.25) is 16.0 Å². The first-order chi connectivity index (χ1) is 10.2. The molecule has 2 rings (SSSR count). The van der Waals surface area contributed by atoms with Crippen molar-refractivity contribution in [2.45, 2.75) is 63.3 Å². The number of thioether (sulfide) groups is 1. The fourth-order valence-electron chi connectivity index (χ4n) is 2.93. The number of ether oxygens (including phenoxy) is 1. The van der Waals surface area contributed by atoms with E-state index in [1.807, 2.05) is 16.4 Å². The molecular weight excluding hydrogens is 284 g/mol. The van der Waals surface area contributed by atoms with E-state index in [0.717, 1.165) is 22.4 Å². The summed E-state index contributed by atoms with van der Waals surface area (Å²) >= 11 is 2.03. The average molecular weight is 312 g/mol. The van der Waals surface area contributed by atoms with Crippen molar-refractivity contribution in [1.82, 2.24) is 15.2 Å². The number of rotatable bonds is 7. The van der Waals surface area contributed by atoms with E-state index in [9.17, 15) is 0 Å². The van der Waals surface area contributed by atoms with Gasteiger partial charge in [-0.1, -0.05) is 19.3 Å². The second-order valence-corrected chi connectivity index (χ2v) is 7.28. The van der Waals surface area contributed by atoms with Crippen LogP contribution < -0.4 is 16.0 Å². The summed E-state index contributed by atoms with van der Waals surface area (Å²) in [5.41, 5.74) is 4.01. The molecule has 0 radical (unpaired) electrons. The predicted octanol–water partition coefficient (Wildman–Crippen LogP) is 3.04. The Bertz CT molecular complexity index is 429. The third-order valence-electron chi connectivity index (χ3n) is 4.09. The lowest BCUT2D eigenvalue weighted by molar-refractivity contribution is 0.391. The van der Waals surface area contributed by atoms with E-state index in [0.29, 0.717) is 6.04 Å². The van der Waals surface area contributed by atoms with Gasteiger partial charge in [-0.15, -0.1) is 0 Å². The first-order valence-electron chi connectivity index (χ1n) is 7.86. The maximum Gasteiger partial charge on any atom is 0.161 e. The molecule has 1 aromatic rings. The van der Waals surface area contributed by atoms with Gasteiger partial charge in [0.15, 0.2) is 5.75 Å². The van der Waals surface area contributed by atoms with Crippen LogP contribution in [0.3, 0.4) is 0 Å². The number of methoxy groups -OCH3 is 1. The maximum atomic E-state index is 5.81. The van der Waals surface area contributed by atoms with Crippen LogP contribution in [0.25, 0.3) is 0 Å². The Morgan fingerprint density at radius 2 is 2.14 bits per heavy atom. The summed E-state index contributed by atoms with van der Waals surface area (Å²) < 4.78 is 7.47. The summed E-state index contributed by atoms with van der Waals surface area (Å²) in [6, 6.07) is 0.358. The molecule has 5 nitrogen and oxygen atoms in total. The van der Waals surface area contributed by atoms with Crippen molar-refractivity contribution >= 4 is 11.8 Å². The fourth-order valence-corrected chi connectivity index (χ4v) is 4.31.